The molecule has 0 saturated carbocycles. The molecule has 3 aromatic rings. The molecular formula is C21H23F3N8O3. The van der Waals surface area contributed by atoms with E-state index in [-0.39, 0.29) is 47.5 Å². The van der Waals surface area contributed by atoms with E-state index in [0.29, 0.717) is 0 Å². The van der Waals surface area contributed by atoms with Crippen molar-refractivity contribution in [3.63, 3.8) is 0 Å². The number of ether oxygens (including phenoxy) is 1. The maximum atomic E-state index is 13.4. The molecule has 186 valence electrons. The van der Waals surface area contributed by atoms with Crippen LogP contribution in [0, 0.1) is 6.92 Å². The number of tetrazole rings is 1. The lowest BCUT2D eigenvalue weighted by atomic mass is 10.0. The molecule has 1 aromatic carbocycles. The number of carbonyl (C=O) groups excluding carboxylic acids is 1. The number of benzene rings is 1. The van der Waals surface area contributed by atoms with E-state index in [1.165, 1.54) is 43.0 Å². The van der Waals surface area contributed by atoms with Gasteiger partial charge in [0.15, 0.2) is 18.1 Å². The summed E-state index contributed by atoms with van der Waals surface area (Å²) < 4.78 is 46.6. The van der Waals surface area contributed by atoms with Crippen LogP contribution in [-0.4, -0.2) is 48.6 Å². The molecule has 0 atom stereocenters. The fraction of sp³-hybridized carbons (Fsp3) is 0.381. The Bertz CT molecular complexity index is 1200. The summed E-state index contributed by atoms with van der Waals surface area (Å²) in [5.74, 6) is 0.443. The summed E-state index contributed by atoms with van der Waals surface area (Å²) in [6.07, 6.45) is -2.18. The maximum absolute atomic E-state index is 13.4. The topological polar surface area (TPSA) is 129 Å². The van der Waals surface area contributed by atoms with Crippen LogP contribution in [-0.2, 0) is 29.4 Å². The van der Waals surface area contributed by atoms with Gasteiger partial charge in [-0.1, -0.05) is 30.6 Å². The summed E-state index contributed by atoms with van der Waals surface area (Å²) in [7, 11) is 1.52. The van der Waals surface area contributed by atoms with Gasteiger partial charge in [-0.3, -0.25) is 5.32 Å². The summed E-state index contributed by atoms with van der Waals surface area (Å²) in [5, 5.41) is 17.5. The number of nitrogens with zero attached hydrogens (tertiary/aromatic N) is 7. The van der Waals surface area contributed by atoms with E-state index in [1.807, 2.05) is 6.92 Å². The van der Waals surface area contributed by atoms with E-state index in [9.17, 15) is 18.0 Å². The molecule has 0 fully saturated rings. The van der Waals surface area contributed by atoms with Crippen molar-refractivity contribution in [2.45, 2.75) is 39.5 Å². The van der Waals surface area contributed by atoms with E-state index in [4.69, 9.17) is 9.57 Å². The van der Waals surface area contributed by atoms with Gasteiger partial charge in [-0.25, -0.2) is 19.4 Å². The van der Waals surface area contributed by atoms with Crippen molar-refractivity contribution in [2.75, 3.05) is 11.9 Å². The minimum absolute atomic E-state index is 0.0169. The fourth-order valence-electron chi connectivity index (χ4n) is 2.87. The van der Waals surface area contributed by atoms with Crippen LogP contribution < -0.4 is 5.32 Å². The van der Waals surface area contributed by atoms with Crippen molar-refractivity contribution >= 4 is 17.6 Å². The number of amides is 1. The Labute approximate surface area is 198 Å². The van der Waals surface area contributed by atoms with Crippen LogP contribution in [0.25, 0.3) is 0 Å². The lowest BCUT2D eigenvalue weighted by Gasteiger charge is -2.13. The lowest BCUT2D eigenvalue weighted by Crippen LogP contribution is -2.16. The second-order valence-electron chi connectivity index (χ2n) is 7.34. The number of aromatic nitrogens is 6. The molecule has 3 rings (SSSR count). The number of nitrogens with one attached hydrogen (secondary N) is 1. The molecule has 0 aliphatic heterocycles. The zero-order valence-electron chi connectivity index (χ0n) is 19.2. The van der Waals surface area contributed by atoms with Crippen molar-refractivity contribution < 1.29 is 27.5 Å². The highest BCUT2D eigenvalue weighted by atomic mass is 19.4. The van der Waals surface area contributed by atoms with Crippen LogP contribution in [0.4, 0.5) is 23.8 Å². The number of unbranched alkanes of at least 4 members (excludes halogenated alkanes) is 1. The molecule has 1 N–H and O–H groups in total. The highest BCUT2D eigenvalue weighted by molar-refractivity contribution is 6.10. The van der Waals surface area contributed by atoms with Gasteiger partial charge in [-0.15, -0.1) is 5.10 Å². The first-order chi connectivity index (χ1) is 16.7. The molecule has 0 saturated heterocycles. The van der Waals surface area contributed by atoms with Crippen LogP contribution in [0.15, 0.2) is 35.6 Å². The zero-order chi connectivity index (χ0) is 25.4. The third kappa shape index (κ3) is 6.94. The van der Waals surface area contributed by atoms with Gasteiger partial charge >= 0.3 is 12.3 Å². The average molecular weight is 492 g/mol. The van der Waals surface area contributed by atoms with E-state index in [0.717, 1.165) is 18.9 Å². The molecule has 2 heterocycles. The van der Waals surface area contributed by atoms with E-state index >= 15 is 0 Å². The molecule has 0 radical (unpaired) electrons. The van der Waals surface area contributed by atoms with Crippen LogP contribution in [0.5, 0.6) is 0 Å². The fourth-order valence-corrected chi connectivity index (χ4v) is 2.87. The molecule has 11 nitrogen and oxygen atoms in total. The number of rotatable bonds is 9. The first-order valence-electron chi connectivity index (χ1n) is 10.6. The van der Waals surface area contributed by atoms with Gasteiger partial charge in [0.05, 0.1) is 12.2 Å². The zero-order valence-corrected chi connectivity index (χ0v) is 19.2. The lowest BCUT2D eigenvalue weighted by molar-refractivity contribution is -0.138. The van der Waals surface area contributed by atoms with Crippen molar-refractivity contribution in [3.05, 3.63) is 58.8 Å². The van der Waals surface area contributed by atoms with Gasteiger partial charge in [-0.05, 0) is 41.5 Å². The molecule has 0 spiro atoms. The smallest absolute Gasteiger partial charge is 0.416 e. The number of hydrogen-bond donors (Lipinski definition) is 1. The number of carbonyl (C=O) groups is 1. The third-order valence-electron chi connectivity index (χ3n) is 4.66. The number of aryl methyl sites for hydroxylation is 2. The molecule has 2 aromatic heterocycles. The Morgan fingerprint density at radius 2 is 2.06 bits per heavy atom. The van der Waals surface area contributed by atoms with Crippen molar-refractivity contribution in [2.24, 2.45) is 12.2 Å². The van der Waals surface area contributed by atoms with Crippen LogP contribution >= 0.6 is 0 Å². The van der Waals surface area contributed by atoms with Gasteiger partial charge in [-0.2, -0.15) is 13.2 Å². The quantitative estimate of drug-likeness (QED) is 0.272. The van der Waals surface area contributed by atoms with E-state index in [1.54, 1.807) is 0 Å². The van der Waals surface area contributed by atoms with Gasteiger partial charge < -0.3 is 9.57 Å². The van der Waals surface area contributed by atoms with Gasteiger partial charge in [0, 0.05) is 18.8 Å². The number of alkyl halides is 3. The summed E-state index contributed by atoms with van der Waals surface area (Å²) >= 11 is 0. The molecule has 1 amide bonds. The van der Waals surface area contributed by atoms with Crippen molar-refractivity contribution in [1.82, 2.24) is 30.2 Å². The summed E-state index contributed by atoms with van der Waals surface area (Å²) in [4.78, 5) is 25.3. The van der Waals surface area contributed by atoms with E-state index < -0.39 is 17.8 Å². The first kappa shape index (κ1) is 25.5. The molecular weight excluding hydrogens is 469 g/mol. The molecule has 14 heteroatoms. The molecule has 35 heavy (non-hydrogen) atoms. The minimum Gasteiger partial charge on any atom is -0.449 e. The molecule has 0 bridgehead atoms. The minimum atomic E-state index is -4.55. The predicted octanol–water partition coefficient (Wildman–Crippen LogP) is 3.65. The summed E-state index contributed by atoms with van der Waals surface area (Å²) in [5.41, 5.74) is -0.668. The second kappa shape index (κ2) is 11.4. The SMILES string of the molecule is CCCCOC(=O)Nc1ccnc(CON=C(c2ccc(C)c(C(F)(F)F)c2)c2nnnn2C)n1. The molecule has 0 aliphatic rings. The molecule has 0 aliphatic carbocycles. The van der Waals surface area contributed by atoms with Gasteiger partial charge in [0.2, 0.25) is 5.82 Å². The number of anilines is 1. The molecule has 0 unspecified atom stereocenters. The third-order valence-corrected chi connectivity index (χ3v) is 4.66. The predicted molar refractivity (Wildman–Crippen MR) is 117 cm³/mol. The van der Waals surface area contributed by atoms with Crippen LogP contribution in [0.3, 0.4) is 0 Å². The average Bonchev–Trinajstić information content (AvgIpc) is 3.22. The Morgan fingerprint density at radius 1 is 1.26 bits per heavy atom. The van der Waals surface area contributed by atoms with E-state index in [2.05, 4.69) is 36.0 Å². The summed E-state index contributed by atoms with van der Waals surface area (Å²) in [6.45, 7) is 3.38. The number of oxime groups is 1. The number of halogens is 3. The summed E-state index contributed by atoms with van der Waals surface area (Å²) in [6, 6.07) is 5.22. The largest absolute Gasteiger partial charge is 0.449 e. The Morgan fingerprint density at radius 3 is 2.74 bits per heavy atom. The standard InChI is InChI=1S/C21H23F3N8O3/c1-4-5-10-34-20(33)27-16-8-9-25-17(26-16)12-35-29-18(19-28-30-31-32(19)3)14-7-6-13(2)15(11-14)21(22,23)24/h6-9,11H,4-5,10,12H2,1-3H3,(H,25,26,27,33). The highest BCUT2D eigenvalue weighted by Gasteiger charge is 2.33. The van der Waals surface area contributed by atoms with Crippen LogP contribution in [0.1, 0.15) is 48.1 Å². The van der Waals surface area contributed by atoms with Crippen molar-refractivity contribution in [3.8, 4) is 0 Å². The number of hydrogen-bond acceptors (Lipinski definition) is 9. The second-order valence-corrected chi connectivity index (χ2v) is 7.34. The van der Waals surface area contributed by atoms with Gasteiger partial charge in [0.1, 0.15) is 5.82 Å². The highest BCUT2D eigenvalue weighted by Crippen LogP contribution is 2.32. The van der Waals surface area contributed by atoms with Crippen molar-refractivity contribution in [1.29, 1.82) is 0 Å². The Kier molecular flexibility index (Phi) is 8.28. The monoisotopic (exact) mass is 492 g/mol. The Balaban J connectivity index is 1.79. The Hall–Kier alpha value is -4.10. The van der Waals surface area contributed by atoms with Gasteiger partial charge in [0.25, 0.3) is 0 Å². The maximum Gasteiger partial charge on any atom is 0.416 e. The normalized spacial score (nSPS) is 11.9. The first-order valence-corrected chi connectivity index (χ1v) is 10.6. The van der Waals surface area contributed by atoms with Crippen LogP contribution in [0.2, 0.25) is 0 Å².